The van der Waals surface area contributed by atoms with Crippen LogP contribution in [0.5, 0.6) is 28.7 Å². The van der Waals surface area contributed by atoms with Gasteiger partial charge in [-0.15, -0.1) is 0 Å². The number of carbonyl (C=O) groups excluding carboxylic acids is 1. The molecule has 0 atom stereocenters. The van der Waals surface area contributed by atoms with Gasteiger partial charge in [0.2, 0.25) is 11.7 Å². The zero-order chi connectivity index (χ0) is 17.0. The van der Waals surface area contributed by atoms with Crippen molar-refractivity contribution in [3.8, 4) is 28.7 Å². The van der Waals surface area contributed by atoms with Crippen LogP contribution >= 0.6 is 0 Å². The highest BCUT2D eigenvalue weighted by Gasteiger charge is 2.12. The Bertz CT molecular complexity index is 729. The van der Waals surface area contributed by atoms with Gasteiger partial charge in [0.15, 0.2) is 23.0 Å². The van der Waals surface area contributed by atoms with Gasteiger partial charge in [0, 0.05) is 18.5 Å². The van der Waals surface area contributed by atoms with E-state index < -0.39 is 17.2 Å². The molecule has 0 heterocycles. The second kappa shape index (κ2) is 6.78. The molecular weight excluding hydrogens is 302 g/mol. The summed E-state index contributed by atoms with van der Waals surface area (Å²) in [5.74, 6) is -2.30. The minimum atomic E-state index is -0.628. The Hall–Kier alpha value is -3.09. The third kappa shape index (κ3) is 3.97. The largest absolute Gasteiger partial charge is 0.504 e. The van der Waals surface area contributed by atoms with Crippen LogP contribution in [-0.2, 0) is 17.8 Å². The molecule has 0 spiro atoms. The third-order valence-electron chi connectivity index (χ3n) is 3.37. The van der Waals surface area contributed by atoms with E-state index in [0.29, 0.717) is 12.0 Å². The first-order chi connectivity index (χ1) is 10.9. The van der Waals surface area contributed by atoms with Crippen LogP contribution in [0, 0.1) is 0 Å². The molecule has 6 N–H and O–H groups in total. The molecule has 2 aromatic rings. The average Bonchev–Trinajstić information content (AvgIpc) is 2.53. The minimum absolute atomic E-state index is 0.000660. The van der Waals surface area contributed by atoms with Gasteiger partial charge in [0.25, 0.3) is 0 Å². The number of benzene rings is 2. The molecule has 7 heteroatoms. The van der Waals surface area contributed by atoms with Crippen LogP contribution in [0.3, 0.4) is 0 Å². The van der Waals surface area contributed by atoms with Crippen LogP contribution in [0.4, 0.5) is 0 Å². The molecule has 0 aliphatic carbocycles. The van der Waals surface area contributed by atoms with Gasteiger partial charge >= 0.3 is 0 Å². The van der Waals surface area contributed by atoms with E-state index >= 15 is 0 Å². The van der Waals surface area contributed by atoms with Crippen LogP contribution in [-0.4, -0.2) is 31.4 Å². The van der Waals surface area contributed by atoms with E-state index in [-0.39, 0.29) is 35.9 Å². The molecule has 2 rings (SSSR count). The van der Waals surface area contributed by atoms with Crippen molar-refractivity contribution in [2.75, 3.05) is 0 Å². The van der Waals surface area contributed by atoms with Crippen molar-refractivity contribution in [2.24, 2.45) is 0 Å². The topological polar surface area (TPSA) is 130 Å². The van der Waals surface area contributed by atoms with Crippen LogP contribution in [0.15, 0.2) is 30.3 Å². The van der Waals surface area contributed by atoms with Crippen molar-refractivity contribution in [2.45, 2.75) is 19.4 Å². The molecule has 0 radical (unpaired) electrons. The van der Waals surface area contributed by atoms with Crippen LogP contribution in [0.25, 0.3) is 0 Å². The SMILES string of the molecule is O=C(CCc1ccc(O)c(O)c1)NCc1ccc(O)c(O)c1O. The smallest absolute Gasteiger partial charge is 0.220 e. The van der Waals surface area contributed by atoms with Gasteiger partial charge < -0.3 is 30.8 Å². The van der Waals surface area contributed by atoms with Gasteiger partial charge in [0.05, 0.1) is 0 Å². The number of hydrogen-bond donors (Lipinski definition) is 6. The first-order valence-electron chi connectivity index (χ1n) is 6.89. The number of aryl methyl sites for hydroxylation is 1. The molecule has 2 aromatic carbocycles. The van der Waals surface area contributed by atoms with Gasteiger partial charge in [0.1, 0.15) is 0 Å². The number of amides is 1. The first-order valence-corrected chi connectivity index (χ1v) is 6.89. The third-order valence-corrected chi connectivity index (χ3v) is 3.37. The maximum Gasteiger partial charge on any atom is 0.220 e. The quantitative estimate of drug-likeness (QED) is 0.463. The second-order valence-electron chi connectivity index (χ2n) is 5.04. The summed E-state index contributed by atoms with van der Waals surface area (Å²) in [4.78, 5) is 11.8. The van der Waals surface area contributed by atoms with Crippen LogP contribution in [0.1, 0.15) is 17.5 Å². The molecule has 0 fully saturated rings. The summed E-state index contributed by atoms with van der Waals surface area (Å²) >= 11 is 0. The molecule has 7 nitrogen and oxygen atoms in total. The fourth-order valence-corrected chi connectivity index (χ4v) is 2.02. The summed E-state index contributed by atoms with van der Waals surface area (Å²) in [6.45, 7) is -0.000660. The molecule has 122 valence electrons. The van der Waals surface area contributed by atoms with Crippen molar-refractivity contribution < 1.29 is 30.3 Å². The lowest BCUT2D eigenvalue weighted by molar-refractivity contribution is -0.121. The fourth-order valence-electron chi connectivity index (χ4n) is 2.02. The normalized spacial score (nSPS) is 10.4. The van der Waals surface area contributed by atoms with Crippen LogP contribution < -0.4 is 5.32 Å². The predicted molar refractivity (Wildman–Crippen MR) is 81.4 cm³/mol. The van der Waals surface area contributed by atoms with E-state index in [1.165, 1.54) is 24.3 Å². The highest BCUT2D eigenvalue weighted by atomic mass is 16.3. The Morgan fingerprint density at radius 2 is 1.57 bits per heavy atom. The lowest BCUT2D eigenvalue weighted by atomic mass is 10.1. The van der Waals surface area contributed by atoms with Crippen molar-refractivity contribution in [3.63, 3.8) is 0 Å². The molecule has 0 saturated heterocycles. The van der Waals surface area contributed by atoms with Crippen molar-refractivity contribution in [1.29, 1.82) is 0 Å². The monoisotopic (exact) mass is 319 g/mol. The Labute approximate surface area is 132 Å². The summed E-state index contributed by atoms with van der Waals surface area (Å²) in [6, 6.07) is 6.94. The average molecular weight is 319 g/mol. The summed E-state index contributed by atoms with van der Waals surface area (Å²) in [5.41, 5.74) is 0.969. The molecular formula is C16H17NO6. The Morgan fingerprint density at radius 3 is 2.26 bits per heavy atom. The van der Waals surface area contributed by atoms with Crippen molar-refractivity contribution in [3.05, 3.63) is 41.5 Å². The fraction of sp³-hybridized carbons (Fsp3) is 0.188. The van der Waals surface area contributed by atoms with Crippen molar-refractivity contribution >= 4 is 5.91 Å². The van der Waals surface area contributed by atoms with E-state index in [1.807, 2.05) is 0 Å². The van der Waals surface area contributed by atoms with E-state index in [4.69, 9.17) is 0 Å². The minimum Gasteiger partial charge on any atom is -0.504 e. The number of nitrogens with one attached hydrogen (secondary N) is 1. The molecule has 0 aliphatic heterocycles. The molecule has 0 unspecified atom stereocenters. The lowest BCUT2D eigenvalue weighted by Crippen LogP contribution is -2.23. The highest BCUT2D eigenvalue weighted by molar-refractivity contribution is 5.76. The number of hydrogen-bond acceptors (Lipinski definition) is 6. The second-order valence-corrected chi connectivity index (χ2v) is 5.04. The summed E-state index contributed by atoms with van der Waals surface area (Å²) in [5, 5.41) is 49.4. The van der Waals surface area contributed by atoms with E-state index in [2.05, 4.69) is 5.32 Å². The predicted octanol–water partition coefficient (Wildman–Crippen LogP) is 1.46. The lowest BCUT2D eigenvalue weighted by Gasteiger charge is -2.09. The van der Waals surface area contributed by atoms with E-state index in [0.717, 1.165) is 0 Å². The number of rotatable bonds is 5. The van der Waals surface area contributed by atoms with Gasteiger partial charge in [-0.3, -0.25) is 4.79 Å². The summed E-state index contributed by atoms with van der Waals surface area (Å²) in [7, 11) is 0. The molecule has 1 amide bonds. The number of aromatic hydroxyl groups is 5. The molecule has 0 aliphatic rings. The van der Waals surface area contributed by atoms with E-state index in [9.17, 15) is 30.3 Å². The molecule has 23 heavy (non-hydrogen) atoms. The number of phenols is 5. The molecule has 0 saturated carbocycles. The standard InChI is InChI=1S/C16H17NO6/c18-11-4-1-9(7-13(11)20)2-6-14(21)17-8-10-3-5-12(19)16(23)15(10)22/h1,3-5,7,18-20,22-23H,2,6,8H2,(H,17,21). The maximum absolute atomic E-state index is 11.8. The Morgan fingerprint density at radius 1 is 0.870 bits per heavy atom. The van der Waals surface area contributed by atoms with Gasteiger partial charge in [-0.2, -0.15) is 0 Å². The maximum atomic E-state index is 11.8. The zero-order valence-electron chi connectivity index (χ0n) is 12.2. The van der Waals surface area contributed by atoms with Crippen LogP contribution in [0.2, 0.25) is 0 Å². The summed E-state index contributed by atoms with van der Waals surface area (Å²) < 4.78 is 0. The number of phenolic OH excluding ortho intramolecular Hbond substituents is 5. The van der Waals surface area contributed by atoms with Crippen molar-refractivity contribution in [1.82, 2.24) is 5.32 Å². The first kappa shape index (κ1) is 16.3. The number of carbonyl (C=O) groups is 1. The highest BCUT2D eigenvalue weighted by Crippen LogP contribution is 2.36. The molecule has 0 bridgehead atoms. The van der Waals surface area contributed by atoms with E-state index in [1.54, 1.807) is 6.07 Å². The summed E-state index contributed by atoms with van der Waals surface area (Å²) in [6.07, 6.45) is 0.515. The Balaban J connectivity index is 1.88. The van der Waals surface area contributed by atoms with Gasteiger partial charge in [-0.25, -0.2) is 0 Å². The Kier molecular flexibility index (Phi) is 4.80. The molecule has 0 aromatic heterocycles. The van der Waals surface area contributed by atoms with Gasteiger partial charge in [-0.1, -0.05) is 6.07 Å². The van der Waals surface area contributed by atoms with Gasteiger partial charge in [-0.05, 0) is 36.2 Å². The zero-order valence-corrected chi connectivity index (χ0v) is 12.2.